The van der Waals surface area contributed by atoms with Crippen LogP contribution in [0.3, 0.4) is 0 Å². The van der Waals surface area contributed by atoms with E-state index in [1.54, 1.807) is 19.9 Å². The lowest BCUT2D eigenvalue weighted by Crippen LogP contribution is -2.35. The minimum absolute atomic E-state index is 0.235. The lowest BCUT2D eigenvalue weighted by Gasteiger charge is -2.13. The van der Waals surface area contributed by atoms with E-state index >= 15 is 0 Å². The molecule has 0 aliphatic carbocycles. The predicted molar refractivity (Wildman–Crippen MR) is 129 cm³/mol. The Hall–Kier alpha value is -3.58. The fourth-order valence-electron chi connectivity index (χ4n) is 3.51. The van der Waals surface area contributed by atoms with E-state index in [-0.39, 0.29) is 11.0 Å². The summed E-state index contributed by atoms with van der Waals surface area (Å²) in [6, 6.07) is 21.5. The number of nitrogens with zero attached hydrogens (tertiary/aromatic N) is 1. The molecule has 1 aliphatic heterocycles. The third kappa shape index (κ3) is 5.26. The van der Waals surface area contributed by atoms with Crippen molar-refractivity contribution in [3.8, 4) is 5.75 Å². The molecule has 0 aromatic heterocycles. The maximum atomic E-state index is 12.7. The van der Waals surface area contributed by atoms with Crippen molar-refractivity contribution in [2.24, 2.45) is 0 Å². The summed E-state index contributed by atoms with van der Waals surface area (Å²) < 4.78 is 11.2. The van der Waals surface area contributed by atoms with Gasteiger partial charge in [-0.3, -0.25) is 19.3 Å². The highest BCUT2D eigenvalue weighted by atomic mass is 32.2. The number of hydrogen-bond donors (Lipinski definition) is 0. The van der Waals surface area contributed by atoms with Crippen LogP contribution in [0.1, 0.15) is 25.0 Å². The Bertz CT molecular complexity index is 1240. The van der Waals surface area contributed by atoms with Gasteiger partial charge in [0.25, 0.3) is 11.1 Å². The van der Waals surface area contributed by atoms with Crippen molar-refractivity contribution in [3.63, 3.8) is 0 Å². The topological polar surface area (TPSA) is 72.9 Å². The molecular weight excluding hydrogens is 438 g/mol. The Kier molecular flexibility index (Phi) is 6.79. The van der Waals surface area contributed by atoms with Gasteiger partial charge in [-0.2, -0.15) is 0 Å². The van der Waals surface area contributed by atoms with Gasteiger partial charge in [-0.05, 0) is 54.1 Å². The van der Waals surface area contributed by atoms with Gasteiger partial charge in [0.15, 0.2) is 0 Å². The number of benzene rings is 3. The average Bonchev–Trinajstić information content (AvgIpc) is 3.05. The summed E-state index contributed by atoms with van der Waals surface area (Å²) in [7, 11) is 0. The van der Waals surface area contributed by atoms with Gasteiger partial charge < -0.3 is 9.47 Å². The van der Waals surface area contributed by atoms with Gasteiger partial charge in [0.1, 0.15) is 18.9 Å². The molecule has 7 heteroatoms. The monoisotopic (exact) mass is 461 g/mol. The second kappa shape index (κ2) is 9.92. The van der Waals surface area contributed by atoms with Crippen LogP contribution >= 0.6 is 11.8 Å². The first-order valence-electron chi connectivity index (χ1n) is 10.6. The summed E-state index contributed by atoms with van der Waals surface area (Å²) in [6.45, 7) is 3.37. The first-order valence-corrected chi connectivity index (χ1v) is 11.4. The van der Waals surface area contributed by atoms with Gasteiger partial charge in [0.2, 0.25) is 0 Å². The van der Waals surface area contributed by atoms with Gasteiger partial charge in [0.05, 0.1) is 11.0 Å². The minimum atomic E-state index is -0.618. The Labute approximate surface area is 196 Å². The molecule has 4 rings (SSSR count). The largest absolute Gasteiger partial charge is 0.488 e. The number of thioether (sulfide) groups is 1. The van der Waals surface area contributed by atoms with E-state index in [2.05, 4.69) is 18.2 Å². The molecule has 1 heterocycles. The highest BCUT2D eigenvalue weighted by Gasteiger charge is 2.37. The molecule has 0 saturated carbocycles. The number of esters is 1. The fraction of sp³-hybridized carbons (Fsp3) is 0.192. The van der Waals surface area contributed by atoms with Crippen LogP contribution in [-0.4, -0.2) is 34.7 Å². The van der Waals surface area contributed by atoms with E-state index in [4.69, 9.17) is 9.47 Å². The number of amides is 2. The van der Waals surface area contributed by atoms with Gasteiger partial charge in [0, 0.05) is 5.56 Å². The second-order valence-corrected chi connectivity index (χ2v) is 8.76. The molecule has 0 N–H and O–H groups in total. The molecular formula is C26H23NO5S. The number of hydrogen-bond acceptors (Lipinski definition) is 6. The molecule has 1 aliphatic rings. The molecule has 3 aromatic carbocycles. The molecule has 0 radical (unpaired) electrons. The highest BCUT2D eigenvalue weighted by Crippen LogP contribution is 2.34. The van der Waals surface area contributed by atoms with E-state index in [9.17, 15) is 14.4 Å². The van der Waals surface area contributed by atoms with E-state index < -0.39 is 23.7 Å². The third-order valence-corrected chi connectivity index (χ3v) is 5.90. The van der Waals surface area contributed by atoms with Crippen LogP contribution in [0, 0.1) is 0 Å². The van der Waals surface area contributed by atoms with Gasteiger partial charge in [-0.15, -0.1) is 0 Å². The number of imide groups is 1. The molecule has 0 bridgehead atoms. The zero-order valence-corrected chi connectivity index (χ0v) is 19.1. The van der Waals surface area contributed by atoms with E-state index in [0.29, 0.717) is 17.9 Å². The maximum absolute atomic E-state index is 12.7. The normalized spacial score (nSPS) is 15.0. The predicted octanol–water partition coefficient (Wildman–Crippen LogP) is 5.41. The highest BCUT2D eigenvalue weighted by molar-refractivity contribution is 8.18. The van der Waals surface area contributed by atoms with Crippen molar-refractivity contribution in [2.45, 2.75) is 26.6 Å². The summed E-state index contributed by atoms with van der Waals surface area (Å²) >= 11 is 0.798. The van der Waals surface area contributed by atoms with Crippen LogP contribution in [0.4, 0.5) is 4.79 Å². The summed E-state index contributed by atoms with van der Waals surface area (Å²) in [5.41, 5.74) is 1.72. The van der Waals surface area contributed by atoms with Crippen molar-refractivity contribution < 1.29 is 23.9 Å². The quantitative estimate of drug-likeness (QED) is 0.346. The molecule has 3 aromatic rings. The molecule has 1 fully saturated rings. The summed E-state index contributed by atoms with van der Waals surface area (Å²) in [5, 5.41) is 1.75. The van der Waals surface area contributed by atoms with Crippen LogP contribution in [-0.2, 0) is 20.9 Å². The van der Waals surface area contributed by atoms with Gasteiger partial charge >= 0.3 is 5.97 Å². The van der Waals surface area contributed by atoms with Crippen LogP contribution in [0.15, 0.2) is 71.6 Å². The molecule has 6 nitrogen and oxygen atoms in total. The van der Waals surface area contributed by atoms with Crippen molar-refractivity contribution in [3.05, 3.63) is 82.8 Å². The smallest absolute Gasteiger partial charge is 0.326 e. The van der Waals surface area contributed by atoms with E-state index in [0.717, 1.165) is 33.0 Å². The van der Waals surface area contributed by atoms with Crippen LogP contribution in [0.25, 0.3) is 16.8 Å². The molecule has 1 saturated heterocycles. The van der Waals surface area contributed by atoms with Crippen LogP contribution in [0.2, 0.25) is 0 Å². The van der Waals surface area contributed by atoms with Crippen LogP contribution < -0.4 is 4.74 Å². The lowest BCUT2D eigenvalue weighted by atomic mass is 10.1. The molecule has 0 atom stereocenters. The second-order valence-electron chi connectivity index (χ2n) is 7.77. The van der Waals surface area contributed by atoms with Crippen molar-refractivity contribution >= 4 is 45.7 Å². The average molecular weight is 462 g/mol. The van der Waals surface area contributed by atoms with E-state index in [1.165, 1.54) is 0 Å². The third-order valence-electron chi connectivity index (χ3n) is 5.00. The lowest BCUT2D eigenvalue weighted by molar-refractivity contribution is -0.149. The number of carbonyl (C=O) groups excluding carboxylic acids is 3. The Balaban J connectivity index is 1.52. The zero-order valence-electron chi connectivity index (χ0n) is 18.3. The molecule has 0 unspecified atom stereocenters. The number of rotatable bonds is 7. The minimum Gasteiger partial charge on any atom is -0.488 e. The summed E-state index contributed by atoms with van der Waals surface area (Å²) in [6.07, 6.45) is 1.30. The van der Waals surface area contributed by atoms with Crippen LogP contribution in [0.5, 0.6) is 5.75 Å². The number of fused-ring (bicyclic) bond motifs is 1. The number of carbonyl (C=O) groups is 3. The standard InChI is InChI=1S/C26H23NO5S/c1-17(2)32-24(28)15-27-25(29)23(33-26(27)30)14-19-9-4-6-13-22(19)31-16-20-11-7-10-18-8-3-5-12-21(18)20/h3-14,17H,15-16H2,1-2H3/b23-14-. The van der Waals surface area contributed by atoms with Crippen molar-refractivity contribution in [1.29, 1.82) is 0 Å². The molecule has 168 valence electrons. The first kappa shape index (κ1) is 22.6. The SMILES string of the molecule is CC(C)OC(=O)CN1C(=O)S/C(=C\c2ccccc2OCc2cccc3ccccc23)C1=O. The fourth-order valence-corrected chi connectivity index (χ4v) is 4.34. The molecule has 33 heavy (non-hydrogen) atoms. The van der Waals surface area contributed by atoms with Crippen molar-refractivity contribution in [1.82, 2.24) is 4.90 Å². The van der Waals surface area contributed by atoms with E-state index in [1.807, 2.05) is 48.5 Å². The maximum Gasteiger partial charge on any atom is 0.326 e. The number of para-hydroxylation sites is 1. The Morgan fingerprint density at radius 3 is 2.55 bits per heavy atom. The first-order chi connectivity index (χ1) is 15.9. The summed E-state index contributed by atoms with van der Waals surface area (Å²) in [5.74, 6) is -0.543. The Morgan fingerprint density at radius 2 is 1.73 bits per heavy atom. The number of ether oxygens (including phenoxy) is 2. The Morgan fingerprint density at radius 1 is 1.00 bits per heavy atom. The molecule has 2 amide bonds. The van der Waals surface area contributed by atoms with Gasteiger partial charge in [-0.25, -0.2) is 0 Å². The molecule has 0 spiro atoms. The van der Waals surface area contributed by atoms with Crippen molar-refractivity contribution in [2.75, 3.05) is 6.54 Å². The zero-order chi connectivity index (χ0) is 23.4. The van der Waals surface area contributed by atoms with Gasteiger partial charge in [-0.1, -0.05) is 60.7 Å². The summed E-state index contributed by atoms with van der Waals surface area (Å²) in [4.78, 5) is 38.1.